The lowest BCUT2D eigenvalue weighted by atomic mass is 10.0. The van der Waals surface area contributed by atoms with Crippen molar-refractivity contribution in [3.05, 3.63) is 57.2 Å². The molecule has 8 heteroatoms. The van der Waals surface area contributed by atoms with Crippen molar-refractivity contribution in [1.29, 1.82) is 0 Å². The summed E-state index contributed by atoms with van der Waals surface area (Å²) in [5, 5.41) is 0. The molecule has 130 valence electrons. The van der Waals surface area contributed by atoms with Gasteiger partial charge in [0.05, 0.1) is 16.1 Å². The third-order valence-corrected chi connectivity index (χ3v) is 5.63. The summed E-state index contributed by atoms with van der Waals surface area (Å²) in [5.41, 5.74) is 0.148. The third kappa shape index (κ3) is 4.41. The molecule has 0 amide bonds. The zero-order valence-electron chi connectivity index (χ0n) is 12.9. The van der Waals surface area contributed by atoms with Gasteiger partial charge in [0.15, 0.2) is 0 Å². The quantitative estimate of drug-likeness (QED) is 0.624. The van der Waals surface area contributed by atoms with Crippen LogP contribution in [0.25, 0.3) is 0 Å². The highest BCUT2D eigenvalue weighted by Crippen LogP contribution is 2.33. The van der Waals surface area contributed by atoms with Gasteiger partial charge in [-0.2, -0.15) is 13.2 Å². The van der Waals surface area contributed by atoms with Gasteiger partial charge in [-0.05, 0) is 64.4 Å². The Morgan fingerprint density at radius 3 is 2.29 bits per heavy atom. The molecule has 24 heavy (non-hydrogen) atoms. The van der Waals surface area contributed by atoms with Gasteiger partial charge in [0.1, 0.15) is 0 Å². The van der Waals surface area contributed by atoms with Gasteiger partial charge in [-0.25, -0.2) is 8.42 Å². The van der Waals surface area contributed by atoms with Crippen LogP contribution in [0, 0.1) is 3.57 Å². The molecule has 0 unspecified atom stereocenters. The maximum absolute atomic E-state index is 12.7. The maximum atomic E-state index is 12.7. The summed E-state index contributed by atoms with van der Waals surface area (Å²) in [6, 6.07) is 9.35. The molecule has 0 aliphatic heterocycles. The zero-order valence-corrected chi connectivity index (χ0v) is 15.8. The molecule has 2 aromatic rings. The summed E-state index contributed by atoms with van der Waals surface area (Å²) >= 11 is 1.68. The second kappa shape index (κ2) is 6.91. The summed E-state index contributed by atoms with van der Waals surface area (Å²) in [5.74, 6) is 0.159. The molecule has 3 nitrogen and oxygen atoms in total. The predicted molar refractivity (Wildman–Crippen MR) is 95.5 cm³/mol. The Kier molecular flexibility index (Phi) is 5.48. The summed E-state index contributed by atoms with van der Waals surface area (Å²) in [7, 11) is -3.88. The van der Waals surface area contributed by atoms with Gasteiger partial charge in [-0.1, -0.05) is 26.0 Å². The summed E-state index contributed by atoms with van der Waals surface area (Å²) in [6.07, 6.45) is -4.47. The van der Waals surface area contributed by atoms with Crippen molar-refractivity contribution in [2.45, 2.75) is 30.8 Å². The predicted octanol–water partition coefficient (Wildman–Crippen LogP) is 5.23. The van der Waals surface area contributed by atoms with Gasteiger partial charge in [0.2, 0.25) is 0 Å². The van der Waals surface area contributed by atoms with Crippen LogP contribution in [-0.2, 0) is 16.2 Å². The molecule has 0 aliphatic rings. The molecule has 0 saturated heterocycles. The van der Waals surface area contributed by atoms with Crippen molar-refractivity contribution in [1.82, 2.24) is 0 Å². The number of anilines is 1. The zero-order chi connectivity index (χ0) is 18.1. The van der Waals surface area contributed by atoms with E-state index < -0.39 is 21.8 Å². The first kappa shape index (κ1) is 19.0. The van der Waals surface area contributed by atoms with Crippen LogP contribution in [0.2, 0.25) is 0 Å². The van der Waals surface area contributed by atoms with Crippen LogP contribution in [0.15, 0.2) is 47.4 Å². The van der Waals surface area contributed by atoms with Crippen molar-refractivity contribution in [2.75, 3.05) is 4.72 Å². The SMILES string of the molecule is CC(C)c1cccc(S(=O)(=O)Nc2ccc(C(F)(F)F)cc2I)c1. The van der Waals surface area contributed by atoms with E-state index in [2.05, 4.69) is 4.72 Å². The Balaban J connectivity index is 2.35. The Bertz CT molecular complexity index is 849. The van der Waals surface area contributed by atoms with Gasteiger partial charge >= 0.3 is 6.18 Å². The highest BCUT2D eigenvalue weighted by molar-refractivity contribution is 14.1. The minimum Gasteiger partial charge on any atom is -0.279 e. The van der Waals surface area contributed by atoms with Crippen molar-refractivity contribution in [3.8, 4) is 0 Å². The van der Waals surface area contributed by atoms with E-state index in [1.54, 1.807) is 34.7 Å². The fourth-order valence-corrected chi connectivity index (χ4v) is 3.99. The number of halogens is 4. The third-order valence-electron chi connectivity index (χ3n) is 3.38. The van der Waals surface area contributed by atoms with Gasteiger partial charge in [-0.15, -0.1) is 0 Å². The molecule has 1 N–H and O–H groups in total. The smallest absolute Gasteiger partial charge is 0.279 e. The van der Waals surface area contributed by atoms with Crippen molar-refractivity contribution in [2.24, 2.45) is 0 Å². The number of hydrogen-bond donors (Lipinski definition) is 1. The van der Waals surface area contributed by atoms with E-state index in [0.29, 0.717) is 0 Å². The molecule has 0 heterocycles. The van der Waals surface area contributed by atoms with E-state index in [0.717, 1.165) is 23.8 Å². The average Bonchev–Trinajstić information content (AvgIpc) is 2.48. The largest absolute Gasteiger partial charge is 0.416 e. The molecule has 0 bridgehead atoms. The van der Waals surface area contributed by atoms with Gasteiger partial charge < -0.3 is 0 Å². The minimum atomic E-state index is -4.47. The van der Waals surface area contributed by atoms with E-state index in [1.807, 2.05) is 19.9 Å². The monoisotopic (exact) mass is 469 g/mol. The number of hydrogen-bond acceptors (Lipinski definition) is 2. The van der Waals surface area contributed by atoms with E-state index in [1.165, 1.54) is 6.07 Å². The number of nitrogens with one attached hydrogen (secondary N) is 1. The van der Waals surface area contributed by atoms with Gasteiger partial charge in [-0.3, -0.25) is 4.72 Å². The van der Waals surface area contributed by atoms with Crippen LogP contribution < -0.4 is 4.72 Å². The van der Waals surface area contributed by atoms with Crippen LogP contribution in [0.3, 0.4) is 0 Å². The number of rotatable bonds is 4. The second-order valence-corrected chi connectivity index (χ2v) is 8.37. The van der Waals surface area contributed by atoms with E-state index in [-0.39, 0.29) is 20.1 Å². The summed E-state index contributed by atoms with van der Waals surface area (Å²) in [6.45, 7) is 3.88. The summed E-state index contributed by atoms with van der Waals surface area (Å²) < 4.78 is 65.5. The van der Waals surface area contributed by atoms with E-state index in [4.69, 9.17) is 0 Å². The fourth-order valence-electron chi connectivity index (χ4n) is 2.02. The molecule has 2 aromatic carbocycles. The average molecular weight is 469 g/mol. The molecule has 0 aliphatic carbocycles. The van der Waals surface area contributed by atoms with E-state index in [9.17, 15) is 21.6 Å². The lowest BCUT2D eigenvalue weighted by Gasteiger charge is -2.13. The molecule has 0 spiro atoms. The molecule has 0 atom stereocenters. The lowest BCUT2D eigenvalue weighted by molar-refractivity contribution is -0.137. The first-order valence-corrected chi connectivity index (χ1v) is 9.56. The highest BCUT2D eigenvalue weighted by atomic mass is 127. The van der Waals surface area contributed by atoms with Crippen molar-refractivity contribution < 1.29 is 21.6 Å². The molecule has 0 radical (unpaired) electrons. The first-order valence-electron chi connectivity index (χ1n) is 7.00. The number of alkyl halides is 3. The Labute approximate surface area is 152 Å². The highest BCUT2D eigenvalue weighted by Gasteiger charge is 2.31. The van der Waals surface area contributed by atoms with Crippen molar-refractivity contribution >= 4 is 38.3 Å². The van der Waals surface area contributed by atoms with Crippen LogP contribution in [0.5, 0.6) is 0 Å². The second-order valence-electron chi connectivity index (χ2n) is 5.53. The van der Waals surface area contributed by atoms with Crippen LogP contribution >= 0.6 is 22.6 Å². The Morgan fingerprint density at radius 2 is 1.75 bits per heavy atom. The Morgan fingerprint density at radius 1 is 1.08 bits per heavy atom. The maximum Gasteiger partial charge on any atom is 0.416 e. The number of benzene rings is 2. The lowest BCUT2D eigenvalue weighted by Crippen LogP contribution is -2.15. The van der Waals surface area contributed by atoms with Crippen LogP contribution in [-0.4, -0.2) is 8.42 Å². The molecule has 2 rings (SSSR count). The van der Waals surface area contributed by atoms with Gasteiger partial charge in [0.25, 0.3) is 10.0 Å². The standard InChI is InChI=1S/C16H15F3INO2S/c1-10(2)11-4-3-5-13(8-11)24(22,23)21-15-7-6-12(9-14(15)20)16(17,18)19/h3-10,21H,1-2H3. The van der Waals surface area contributed by atoms with Crippen molar-refractivity contribution in [3.63, 3.8) is 0 Å². The topological polar surface area (TPSA) is 46.2 Å². The Hall–Kier alpha value is -1.29. The molecule has 0 saturated carbocycles. The normalized spacial score (nSPS) is 12.5. The number of sulfonamides is 1. The fraction of sp³-hybridized carbons (Fsp3) is 0.250. The van der Waals surface area contributed by atoms with Crippen LogP contribution in [0.1, 0.15) is 30.9 Å². The first-order chi connectivity index (χ1) is 11.0. The minimum absolute atomic E-state index is 0.0735. The summed E-state index contributed by atoms with van der Waals surface area (Å²) in [4.78, 5) is 0.0735. The molecule has 0 fully saturated rings. The van der Waals surface area contributed by atoms with Gasteiger partial charge in [0, 0.05) is 3.57 Å². The van der Waals surface area contributed by atoms with Crippen LogP contribution in [0.4, 0.5) is 18.9 Å². The molecular weight excluding hydrogens is 454 g/mol. The molecule has 0 aromatic heterocycles. The van der Waals surface area contributed by atoms with E-state index >= 15 is 0 Å². The molecular formula is C16H15F3INO2S.